The van der Waals surface area contributed by atoms with Crippen molar-refractivity contribution in [3.05, 3.63) is 24.3 Å². The summed E-state index contributed by atoms with van der Waals surface area (Å²) in [5, 5.41) is 0. The first kappa shape index (κ1) is 10.4. The molecule has 1 atom stereocenters. The molecule has 1 fully saturated rings. The van der Waals surface area contributed by atoms with Crippen LogP contribution in [0.4, 0.5) is 10.1 Å². The lowest BCUT2D eigenvalue weighted by molar-refractivity contribution is -0.117. The van der Waals surface area contributed by atoms with Crippen molar-refractivity contribution < 1.29 is 9.18 Å². The summed E-state index contributed by atoms with van der Waals surface area (Å²) in [5.74, 6) is 0.501. The lowest BCUT2D eigenvalue weighted by atomic mass is 10.1. The zero-order chi connectivity index (χ0) is 10.8. The van der Waals surface area contributed by atoms with Crippen LogP contribution in [0.5, 0.6) is 0 Å². The minimum atomic E-state index is -0.531. The van der Waals surface area contributed by atoms with Gasteiger partial charge in [-0.3, -0.25) is 4.79 Å². The van der Waals surface area contributed by atoms with Crippen LogP contribution in [0.3, 0.4) is 0 Å². The van der Waals surface area contributed by atoms with Crippen molar-refractivity contribution in [2.45, 2.75) is 6.42 Å². The van der Waals surface area contributed by atoms with E-state index in [1.807, 2.05) is 0 Å². The second kappa shape index (κ2) is 4.18. The highest BCUT2D eigenvalue weighted by molar-refractivity contribution is 7.80. The van der Waals surface area contributed by atoms with Crippen LogP contribution in [-0.2, 0) is 4.79 Å². The van der Waals surface area contributed by atoms with Gasteiger partial charge in [0.1, 0.15) is 0 Å². The van der Waals surface area contributed by atoms with Gasteiger partial charge in [0.2, 0.25) is 11.9 Å². The monoisotopic (exact) mass is 226 g/mol. The number of carbonyl (C=O) groups is 1. The fourth-order valence-corrected chi connectivity index (χ4v) is 1.93. The molecule has 15 heavy (non-hydrogen) atoms. The average molecular weight is 226 g/mol. The van der Waals surface area contributed by atoms with E-state index in [0.717, 1.165) is 0 Å². The Morgan fingerprint density at radius 1 is 1.60 bits per heavy atom. The number of hydrogen-bond acceptors (Lipinski definition) is 3. The lowest BCUT2D eigenvalue weighted by Gasteiger charge is -2.15. The van der Waals surface area contributed by atoms with Crippen molar-refractivity contribution in [3.8, 4) is 0 Å². The topological polar surface area (TPSA) is 33.2 Å². The number of halogens is 1. The molecule has 1 saturated heterocycles. The van der Waals surface area contributed by atoms with E-state index in [2.05, 4.69) is 17.6 Å². The summed E-state index contributed by atoms with van der Waals surface area (Å²) in [4.78, 5) is 16.8. The largest absolute Gasteiger partial charge is 0.311 e. The van der Waals surface area contributed by atoms with Gasteiger partial charge in [0.05, 0.1) is 11.9 Å². The van der Waals surface area contributed by atoms with Crippen LogP contribution < -0.4 is 4.90 Å². The van der Waals surface area contributed by atoms with Gasteiger partial charge in [-0.2, -0.15) is 17.0 Å². The van der Waals surface area contributed by atoms with Crippen molar-refractivity contribution in [1.82, 2.24) is 4.98 Å². The molecule has 0 N–H and O–H groups in total. The third-order valence-electron chi connectivity index (χ3n) is 2.49. The van der Waals surface area contributed by atoms with Crippen molar-refractivity contribution in [2.75, 3.05) is 17.2 Å². The van der Waals surface area contributed by atoms with Crippen molar-refractivity contribution in [2.24, 2.45) is 5.92 Å². The second-order valence-corrected chi connectivity index (χ2v) is 3.96. The molecule has 80 valence electrons. The number of rotatable bonds is 2. The van der Waals surface area contributed by atoms with Gasteiger partial charge in [0, 0.05) is 13.0 Å². The molecule has 0 aromatic carbocycles. The standard InChI is InChI=1S/C10H11FN2OS/c11-9-2-1-8(4-12-9)13-5-7(6-15)3-10(13)14/h1-2,4,7,15H,3,5-6H2. The Bertz CT molecular complexity index is 368. The maximum absolute atomic E-state index is 12.6. The molecular formula is C10H11FN2OS. The molecular weight excluding hydrogens is 215 g/mol. The Balaban J connectivity index is 2.18. The van der Waals surface area contributed by atoms with E-state index in [1.54, 1.807) is 11.0 Å². The first-order valence-electron chi connectivity index (χ1n) is 4.73. The molecule has 0 aliphatic carbocycles. The molecule has 0 spiro atoms. The minimum absolute atomic E-state index is 0.0578. The van der Waals surface area contributed by atoms with Gasteiger partial charge < -0.3 is 4.90 Å². The summed E-state index contributed by atoms with van der Waals surface area (Å²) in [6.07, 6.45) is 1.90. The average Bonchev–Trinajstić information content (AvgIpc) is 2.61. The van der Waals surface area contributed by atoms with Crippen LogP contribution in [0.15, 0.2) is 18.3 Å². The molecule has 1 unspecified atom stereocenters. The summed E-state index contributed by atoms with van der Waals surface area (Å²) >= 11 is 4.17. The second-order valence-electron chi connectivity index (χ2n) is 3.60. The van der Waals surface area contributed by atoms with E-state index >= 15 is 0 Å². The number of hydrogen-bond donors (Lipinski definition) is 1. The van der Waals surface area contributed by atoms with Crippen LogP contribution in [0.1, 0.15) is 6.42 Å². The molecule has 3 nitrogen and oxygen atoms in total. The van der Waals surface area contributed by atoms with Gasteiger partial charge in [-0.25, -0.2) is 4.98 Å². The van der Waals surface area contributed by atoms with Gasteiger partial charge in [-0.15, -0.1) is 0 Å². The fourth-order valence-electron chi connectivity index (χ4n) is 1.68. The van der Waals surface area contributed by atoms with Crippen LogP contribution in [0.2, 0.25) is 0 Å². The molecule has 1 aliphatic rings. The normalized spacial score (nSPS) is 21.1. The first-order valence-corrected chi connectivity index (χ1v) is 5.36. The molecule has 1 aromatic heterocycles. The first-order chi connectivity index (χ1) is 7.20. The van der Waals surface area contributed by atoms with E-state index < -0.39 is 5.95 Å². The zero-order valence-corrected chi connectivity index (χ0v) is 8.95. The number of pyridine rings is 1. The predicted molar refractivity (Wildman–Crippen MR) is 58.5 cm³/mol. The van der Waals surface area contributed by atoms with E-state index in [4.69, 9.17) is 0 Å². The van der Waals surface area contributed by atoms with Gasteiger partial charge in [-0.1, -0.05) is 0 Å². The highest BCUT2D eigenvalue weighted by Crippen LogP contribution is 2.24. The number of amides is 1. The lowest BCUT2D eigenvalue weighted by Crippen LogP contribution is -2.24. The number of nitrogens with zero attached hydrogens (tertiary/aromatic N) is 2. The van der Waals surface area contributed by atoms with Gasteiger partial charge in [0.25, 0.3) is 0 Å². The Hall–Kier alpha value is -1.10. The number of anilines is 1. The third-order valence-corrected chi connectivity index (χ3v) is 3.00. The molecule has 1 aliphatic heterocycles. The molecule has 0 bridgehead atoms. The number of thiol groups is 1. The molecule has 2 heterocycles. The van der Waals surface area contributed by atoms with Crippen LogP contribution in [0.25, 0.3) is 0 Å². The molecule has 1 aromatic rings. The molecule has 1 amide bonds. The van der Waals surface area contributed by atoms with Gasteiger partial charge >= 0.3 is 0 Å². The summed E-state index contributed by atoms with van der Waals surface area (Å²) in [6.45, 7) is 0.648. The van der Waals surface area contributed by atoms with Crippen LogP contribution in [0, 0.1) is 11.9 Å². The highest BCUT2D eigenvalue weighted by Gasteiger charge is 2.29. The van der Waals surface area contributed by atoms with Crippen LogP contribution in [-0.4, -0.2) is 23.2 Å². The maximum atomic E-state index is 12.6. The van der Waals surface area contributed by atoms with E-state index in [-0.39, 0.29) is 11.8 Å². The zero-order valence-electron chi connectivity index (χ0n) is 8.06. The molecule has 0 saturated carbocycles. The Morgan fingerprint density at radius 2 is 2.40 bits per heavy atom. The number of aromatic nitrogens is 1. The van der Waals surface area contributed by atoms with Crippen LogP contribution >= 0.6 is 12.6 Å². The summed E-state index contributed by atoms with van der Waals surface area (Å²) in [7, 11) is 0. The van der Waals surface area contributed by atoms with Gasteiger partial charge in [-0.05, 0) is 23.8 Å². The minimum Gasteiger partial charge on any atom is -0.311 e. The Kier molecular flexibility index (Phi) is 2.90. The number of carbonyl (C=O) groups excluding carboxylic acids is 1. The molecule has 2 rings (SSSR count). The maximum Gasteiger partial charge on any atom is 0.227 e. The van der Waals surface area contributed by atoms with Crippen molar-refractivity contribution in [3.63, 3.8) is 0 Å². The SMILES string of the molecule is O=C1CC(CS)CN1c1ccc(F)nc1. The van der Waals surface area contributed by atoms with Crippen molar-refractivity contribution in [1.29, 1.82) is 0 Å². The summed E-state index contributed by atoms with van der Waals surface area (Å²) in [6, 6.07) is 2.83. The van der Waals surface area contributed by atoms with Gasteiger partial charge in [0.15, 0.2) is 0 Å². The smallest absolute Gasteiger partial charge is 0.227 e. The molecule has 0 radical (unpaired) electrons. The molecule has 5 heteroatoms. The van der Waals surface area contributed by atoms with E-state index in [9.17, 15) is 9.18 Å². The highest BCUT2D eigenvalue weighted by atomic mass is 32.1. The predicted octanol–water partition coefficient (Wildman–Crippen LogP) is 1.50. The Morgan fingerprint density at radius 3 is 2.93 bits per heavy atom. The quantitative estimate of drug-likeness (QED) is 0.612. The van der Waals surface area contributed by atoms with Crippen molar-refractivity contribution >= 4 is 24.2 Å². The Labute approximate surface area is 92.7 Å². The fraction of sp³-hybridized carbons (Fsp3) is 0.400. The van der Waals surface area contributed by atoms with E-state index in [1.165, 1.54) is 12.3 Å². The van der Waals surface area contributed by atoms with E-state index in [0.29, 0.717) is 24.4 Å². The third kappa shape index (κ3) is 2.12. The summed E-state index contributed by atoms with van der Waals surface area (Å²) in [5.41, 5.74) is 0.658. The summed E-state index contributed by atoms with van der Waals surface area (Å²) < 4.78 is 12.6.